The zero-order valence-corrected chi connectivity index (χ0v) is 12.4. The molecule has 2 aliphatic carbocycles. The highest BCUT2D eigenvalue weighted by atomic mass is 35.5. The van der Waals surface area contributed by atoms with Crippen LogP contribution in [0.3, 0.4) is 0 Å². The molecule has 2 rings (SSSR count). The quantitative estimate of drug-likeness (QED) is 0.667. The second-order valence-corrected chi connectivity index (χ2v) is 5.74. The predicted octanol–water partition coefficient (Wildman–Crippen LogP) is 1.61. The Balaban J connectivity index is 0.00000180. The molecule has 0 aromatic rings. The number of hydrogen-bond acceptors (Lipinski definition) is 3. The standard InChI is InChI=1S/C14H26N2O2.ClH/c17-9-8-13(11-4-2-1-3-5-11)16-14(18)10-15-12-6-7-12;/h11-13,15,17H,1-10H2,(H,16,18);1H. The van der Waals surface area contributed by atoms with Gasteiger partial charge in [0.25, 0.3) is 0 Å². The molecular formula is C14H27ClN2O2. The minimum Gasteiger partial charge on any atom is -0.396 e. The molecule has 1 amide bonds. The molecule has 2 aliphatic rings. The predicted molar refractivity (Wildman–Crippen MR) is 78.5 cm³/mol. The molecule has 0 aromatic heterocycles. The summed E-state index contributed by atoms with van der Waals surface area (Å²) in [5.74, 6) is 0.654. The van der Waals surface area contributed by atoms with E-state index in [-0.39, 0.29) is 31.0 Å². The third-order valence-corrected chi connectivity index (χ3v) is 4.13. The Morgan fingerprint density at radius 1 is 1.16 bits per heavy atom. The molecule has 1 unspecified atom stereocenters. The number of carbonyl (C=O) groups excluding carboxylic acids is 1. The number of rotatable bonds is 7. The van der Waals surface area contributed by atoms with Gasteiger partial charge in [0, 0.05) is 18.7 Å². The van der Waals surface area contributed by atoms with E-state index in [2.05, 4.69) is 10.6 Å². The molecule has 0 aliphatic heterocycles. The van der Waals surface area contributed by atoms with Crippen LogP contribution in [-0.4, -0.2) is 36.2 Å². The van der Waals surface area contributed by atoms with Crippen molar-refractivity contribution in [3.05, 3.63) is 0 Å². The molecule has 3 N–H and O–H groups in total. The Morgan fingerprint density at radius 3 is 2.42 bits per heavy atom. The van der Waals surface area contributed by atoms with Crippen molar-refractivity contribution in [2.24, 2.45) is 5.92 Å². The topological polar surface area (TPSA) is 61.4 Å². The van der Waals surface area contributed by atoms with Crippen molar-refractivity contribution in [1.82, 2.24) is 10.6 Å². The molecule has 0 spiro atoms. The maximum atomic E-state index is 11.8. The van der Waals surface area contributed by atoms with E-state index in [0.29, 0.717) is 24.9 Å². The highest BCUT2D eigenvalue weighted by Crippen LogP contribution is 2.27. The van der Waals surface area contributed by atoms with Gasteiger partial charge in [0.2, 0.25) is 5.91 Å². The van der Waals surface area contributed by atoms with Gasteiger partial charge in [-0.15, -0.1) is 12.4 Å². The number of nitrogens with one attached hydrogen (secondary N) is 2. The highest BCUT2D eigenvalue weighted by molar-refractivity contribution is 5.85. The minimum atomic E-state index is 0. The van der Waals surface area contributed by atoms with E-state index in [9.17, 15) is 4.79 Å². The highest BCUT2D eigenvalue weighted by Gasteiger charge is 2.26. The molecule has 0 saturated heterocycles. The summed E-state index contributed by atoms with van der Waals surface area (Å²) in [5, 5.41) is 15.5. The first-order valence-corrected chi connectivity index (χ1v) is 7.43. The number of carbonyl (C=O) groups is 1. The third-order valence-electron chi connectivity index (χ3n) is 4.13. The normalized spacial score (nSPS) is 21.5. The first-order chi connectivity index (χ1) is 8.79. The molecule has 0 radical (unpaired) electrons. The van der Waals surface area contributed by atoms with Crippen LogP contribution in [0.2, 0.25) is 0 Å². The largest absolute Gasteiger partial charge is 0.396 e. The Morgan fingerprint density at radius 2 is 1.84 bits per heavy atom. The Labute approximate surface area is 122 Å². The number of amides is 1. The summed E-state index contributed by atoms with van der Waals surface area (Å²) in [4.78, 5) is 11.8. The minimum absolute atomic E-state index is 0. The van der Waals surface area contributed by atoms with E-state index in [4.69, 9.17) is 5.11 Å². The fraction of sp³-hybridized carbons (Fsp3) is 0.929. The first kappa shape index (κ1) is 16.7. The Kier molecular flexibility index (Phi) is 7.73. The van der Waals surface area contributed by atoms with Crippen LogP contribution in [0, 0.1) is 5.92 Å². The van der Waals surface area contributed by atoms with Crippen LogP contribution in [-0.2, 0) is 4.79 Å². The molecule has 112 valence electrons. The van der Waals surface area contributed by atoms with Crippen molar-refractivity contribution in [3.63, 3.8) is 0 Å². The van der Waals surface area contributed by atoms with E-state index in [1.807, 2.05) is 0 Å². The Hall–Kier alpha value is -0.320. The zero-order valence-electron chi connectivity index (χ0n) is 11.6. The van der Waals surface area contributed by atoms with Gasteiger partial charge in [-0.25, -0.2) is 0 Å². The molecular weight excluding hydrogens is 264 g/mol. The summed E-state index contributed by atoms with van der Waals surface area (Å²) in [6, 6.07) is 0.741. The summed E-state index contributed by atoms with van der Waals surface area (Å²) in [6.07, 6.45) is 9.35. The number of aliphatic hydroxyl groups excluding tert-OH is 1. The third kappa shape index (κ3) is 6.11. The second-order valence-electron chi connectivity index (χ2n) is 5.74. The van der Waals surface area contributed by atoms with E-state index in [1.165, 1.54) is 44.9 Å². The summed E-state index contributed by atoms with van der Waals surface area (Å²) < 4.78 is 0. The lowest BCUT2D eigenvalue weighted by Crippen LogP contribution is -2.45. The van der Waals surface area contributed by atoms with Gasteiger partial charge in [0.05, 0.1) is 6.54 Å². The molecule has 0 aromatic carbocycles. The van der Waals surface area contributed by atoms with Crippen molar-refractivity contribution in [2.75, 3.05) is 13.2 Å². The van der Waals surface area contributed by atoms with Crippen LogP contribution < -0.4 is 10.6 Å². The fourth-order valence-corrected chi connectivity index (χ4v) is 2.88. The fourth-order valence-electron chi connectivity index (χ4n) is 2.88. The van der Waals surface area contributed by atoms with Crippen molar-refractivity contribution >= 4 is 18.3 Å². The Bertz CT molecular complexity index is 266. The van der Waals surface area contributed by atoms with Gasteiger partial charge in [-0.3, -0.25) is 4.79 Å². The van der Waals surface area contributed by atoms with Gasteiger partial charge in [-0.2, -0.15) is 0 Å². The van der Waals surface area contributed by atoms with E-state index < -0.39 is 0 Å². The SMILES string of the molecule is Cl.O=C(CNC1CC1)NC(CCO)C1CCCCC1. The van der Waals surface area contributed by atoms with Gasteiger partial charge in [-0.1, -0.05) is 19.3 Å². The molecule has 2 fully saturated rings. The number of aliphatic hydroxyl groups is 1. The van der Waals surface area contributed by atoms with Gasteiger partial charge < -0.3 is 15.7 Å². The summed E-state index contributed by atoms with van der Waals surface area (Å²) in [5.41, 5.74) is 0. The molecule has 0 heterocycles. The zero-order chi connectivity index (χ0) is 12.8. The summed E-state index contributed by atoms with van der Waals surface area (Å²) >= 11 is 0. The first-order valence-electron chi connectivity index (χ1n) is 7.43. The lowest BCUT2D eigenvalue weighted by molar-refractivity contribution is -0.121. The van der Waals surface area contributed by atoms with Crippen LogP contribution >= 0.6 is 12.4 Å². The summed E-state index contributed by atoms with van der Waals surface area (Å²) in [7, 11) is 0. The van der Waals surface area contributed by atoms with Crippen molar-refractivity contribution < 1.29 is 9.90 Å². The maximum Gasteiger partial charge on any atom is 0.234 e. The maximum absolute atomic E-state index is 11.8. The molecule has 2 saturated carbocycles. The molecule has 0 bridgehead atoms. The van der Waals surface area contributed by atoms with Gasteiger partial charge in [-0.05, 0) is 38.0 Å². The van der Waals surface area contributed by atoms with Gasteiger partial charge >= 0.3 is 0 Å². The smallest absolute Gasteiger partial charge is 0.234 e. The average Bonchev–Trinajstić information content (AvgIpc) is 3.21. The monoisotopic (exact) mass is 290 g/mol. The van der Waals surface area contributed by atoms with Crippen LogP contribution in [0.1, 0.15) is 51.4 Å². The van der Waals surface area contributed by atoms with Crippen molar-refractivity contribution in [3.8, 4) is 0 Å². The molecule has 4 nitrogen and oxygen atoms in total. The van der Waals surface area contributed by atoms with Crippen molar-refractivity contribution in [2.45, 2.75) is 63.5 Å². The van der Waals surface area contributed by atoms with E-state index in [1.54, 1.807) is 0 Å². The molecule has 5 heteroatoms. The van der Waals surface area contributed by atoms with Crippen LogP contribution in [0.15, 0.2) is 0 Å². The van der Waals surface area contributed by atoms with Crippen LogP contribution in [0.4, 0.5) is 0 Å². The van der Waals surface area contributed by atoms with E-state index in [0.717, 1.165) is 0 Å². The second kappa shape index (κ2) is 8.77. The number of hydrogen-bond donors (Lipinski definition) is 3. The lowest BCUT2D eigenvalue weighted by Gasteiger charge is -2.30. The number of halogens is 1. The lowest BCUT2D eigenvalue weighted by atomic mass is 9.82. The average molecular weight is 291 g/mol. The van der Waals surface area contributed by atoms with Crippen LogP contribution in [0.5, 0.6) is 0 Å². The van der Waals surface area contributed by atoms with E-state index >= 15 is 0 Å². The van der Waals surface area contributed by atoms with Gasteiger partial charge in [0.1, 0.15) is 0 Å². The van der Waals surface area contributed by atoms with Crippen LogP contribution in [0.25, 0.3) is 0 Å². The van der Waals surface area contributed by atoms with Gasteiger partial charge in [0.15, 0.2) is 0 Å². The molecule has 19 heavy (non-hydrogen) atoms. The summed E-state index contributed by atoms with van der Waals surface area (Å²) in [6.45, 7) is 0.594. The molecule has 1 atom stereocenters. The van der Waals surface area contributed by atoms with Crippen molar-refractivity contribution in [1.29, 1.82) is 0 Å².